The van der Waals surface area contributed by atoms with Gasteiger partial charge in [0.25, 0.3) is 17.7 Å². The van der Waals surface area contributed by atoms with Gasteiger partial charge in [-0.15, -0.1) is 0 Å². The van der Waals surface area contributed by atoms with Crippen molar-refractivity contribution in [3.63, 3.8) is 0 Å². The Morgan fingerprint density at radius 1 is 0.871 bits per heavy atom. The fourth-order valence-electron chi connectivity index (χ4n) is 3.52. The SMILES string of the molecule is CCc1ccccc1NC(=O)c1ccc(N2C(=O)c3ccc(C(=O)O)cc3C2=O)cc1. The number of amides is 3. The smallest absolute Gasteiger partial charge is 0.335 e. The number of nitrogens with one attached hydrogen (secondary N) is 1. The first-order valence-corrected chi connectivity index (χ1v) is 9.66. The van der Waals surface area contributed by atoms with Gasteiger partial charge in [-0.05, 0) is 60.5 Å². The number of aromatic carboxylic acids is 1. The maximum absolute atomic E-state index is 12.7. The molecule has 0 saturated carbocycles. The van der Waals surface area contributed by atoms with Gasteiger partial charge in [0.15, 0.2) is 0 Å². The molecule has 0 unspecified atom stereocenters. The summed E-state index contributed by atoms with van der Waals surface area (Å²) >= 11 is 0. The van der Waals surface area contributed by atoms with Gasteiger partial charge in [0.05, 0.1) is 22.4 Å². The van der Waals surface area contributed by atoms with Crippen LogP contribution in [0.1, 0.15) is 53.9 Å². The van der Waals surface area contributed by atoms with E-state index in [0.29, 0.717) is 11.3 Å². The zero-order valence-electron chi connectivity index (χ0n) is 16.6. The molecule has 7 nitrogen and oxygen atoms in total. The number of aryl methyl sites for hydroxylation is 1. The van der Waals surface area contributed by atoms with Crippen LogP contribution in [-0.4, -0.2) is 28.8 Å². The molecule has 0 spiro atoms. The summed E-state index contributed by atoms with van der Waals surface area (Å²) in [5.74, 6) is -2.62. The first-order chi connectivity index (χ1) is 14.9. The van der Waals surface area contributed by atoms with E-state index >= 15 is 0 Å². The molecule has 0 saturated heterocycles. The molecule has 1 heterocycles. The predicted molar refractivity (Wildman–Crippen MR) is 115 cm³/mol. The lowest BCUT2D eigenvalue weighted by molar-refractivity contribution is 0.0696. The Hall–Kier alpha value is -4.26. The van der Waals surface area contributed by atoms with Crippen molar-refractivity contribution in [1.82, 2.24) is 0 Å². The summed E-state index contributed by atoms with van der Waals surface area (Å²) in [5, 5.41) is 12.0. The van der Waals surface area contributed by atoms with Gasteiger partial charge in [0.2, 0.25) is 0 Å². The molecule has 1 aliphatic heterocycles. The largest absolute Gasteiger partial charge is 0.478 e. The van der Waals surface area contributed by atoms with Gasteiger partial charge in [0.1, 0.15) is 0 Å². The van der Waals surface area contributed by atoms with Crippen molar-refractivity contribution in [2.45, 2.75) is 13.3 Å². The summed E-state index contributed by atoms with van der Waals surface area (Å²) in [7, 11) is 0. The zero-order chi connectivity index (χ0) is 22.1. The van der Waals surface area contributed by atoms with E-state index in [1.165, 1.54) is 42.5 Å². The highest BCUT2D eigenvalue weighted by Crippen LogP contribution is 2.29. The third-order valence-corrected chi connectivity index (χ3v) is 5.17. The summed E-state index contributed by atoms with van der Waals surface area (Å²) in [6, 6.07) is 17.4. The van der Waals surface area contributed by atoms with Crippen LogP contribution < -0.4 is 10.2 Å². The third-order valence-electron chi connectivity index (χ3n) is 5.17. The van der Waals surface area contributed by atoms with E-state index in [9.17, 15) is 19.2 Å². The second-order valence-electron chi connectivity index (χ2n) is 7.02. The minimum atomic E-state index is -1.18. The van der Waals surface area contributed by atoms with Crippen LogP contribution in [0, 0.1) is 0 Å². The molecular formula is C24H18N2O5. The third kappa shape index (κ3) is 3.57. The van der Waals surface area contributed by atoms with Gasteiger partial charge < -0.3 is 10.4 Å². The van der Waals surface area contributed by atoms with Gasteiger partial charge in [-0.1, -0.05) is 25.1 Å². The number of nitrogens with zero attached hydrogens (tertiary/aromatic N) is 1. The Morgan fingerprint density at radius 3 is 2.19 bits per heavy atom. The molecule has 3 aromatic rings. The summed E-state index contributed by atoms with van der Waals surface area (Å²) < 4.78 is 0. The van der Waals surface area contributed by atoms with Crippen molar-refractivity contribution in [1.29, 1.82) is 0 Å². The van der Waals surface area contributed by atoms with Crippen molar-refractivity contribution >= 4 is 35.1 Å². The van der Waals surface area contributed by atoms with E-state index in [4.69, 9.17) is 5.11 Å². The molecule has 0 radical (unpaired) electrons. The van der Waals surface area contributed by atoms with Gasteiger partial charge in [-0.25, -0.2) is 9.69 Å². The fourth-order valence-corrected chi connectivity index (χ4v) is 3.52. The molecule has 0 fully saturated rings. The predicted octanol–water partition coefficient (Wildman–Crippen LogP) is 4.00. The standard InChI is InChI=1S/C24H18N2O5/c1-2-14-5-3-4-6-20(14)25-21(27)15-7-10-17(11-8-15)26-22(28)18-12-9-16(24(30)31)13-19(18)23(26)29/h3-13H,2H2,1H3,(H,25,27)(H,30,31). The average Bonchev–Trinajstić information content (AvgIpc) is 3.03. The maximum Gasteiger partial charge on any atom is 0.335 e. The molecule has 2 N–H and O–H groups in total. The molecule has 3 aromatic carbocycles. The van der Waals surface area contributed by atoms with Gasteiger partial charge >= 0.3 is 5.97 Å². The summed E-state index contributed by atoms with van der Waals surface area (Å²) in [5.41, 5.74) is 2.54. The summed E-state index contributed by atoms with van der Waals surface area (Å²) in [6.45, 7) is 2.00. The highest BCUT2D eigenvalue weighted by atomic mass is 16.4. The van der Waals surface area contributed by atoms with Crippen molar-refractivity contribution in [3.8, 4) is 0 Å². The quantitative estimate of drug-likeness (QED) is 0.614. The number of imide groups is 1. The van der Waals surface area contributed by atoms with Crippen LogP contribution in [0.25, 0.3) is 0 Å². The van der Waals surface area contributed by atoms with Crippen LogP contribution >= 0.6 is 0 Å². The van der Waals surface area contributed by atoms with Gasteiger partial charge in [-0.3, -0.25) is 14.4 Å². The number of carbonyl (C=O) groups excluding carboxylic acids is 3. The Balaban J connectivity index is 1.57. The molecule has 3 amide bonds. The second kappa shape index (κ2) is 7.87. The number of fused-ring (bicyclic) bond motifs is 1. The molecule has 0 atom stereocenters. The lowest BCUT2D eigenvalue weighted by Crippen LogP contribution is -2.29. The number of anilines is 2. The molecule has 0 bridgehead atoms. The van der Waals surface area contributed by atoms with E-state index in [2.05, 4.69) is 5.32 Å². The van der Waals surface area contributed by atoms with Crippen LogP contribution in [-0.2, 0) is 6.42 Å². The molecule has 4 rings (SSSR count). The number of carbonyl (C=O) groups is 4. The van der Waals surface area contributed by atoms with Crippen molar-refractivity contribution in [2.75, 3.05) is 10.2 Å². The van der Waals surface area contributed by atoms with Crippen molar-refractivity contribution in [3.05, 3.63) is 94.5 Å². The number of carboxylic acids is 1. The van der Waals surface area contributed by atoms with Gasteiger partial charge in [-0.2, -0.15) is 0 Å². The average molecular weight is 414 g/mol. The fraction of sp³-hybridized carbons (Fsp3) is 0.0833. The van der Waals surface area contributed by atoms with Gasteiger partial charge in [0, 0.05) is 11.3 Å². The topological polar surface area (TPSA) is 104 Å². The monoisotopic (exact) mass is 414 g/mol. The summed E-state index contributed by atoms with van der Waals surface area (Å²) in [6.07, 6.45) is 0.777. The number of hydrogen-bond acceptors (Lipinski definition) is 4. The highest BCUT2D eigenvalue weighted by Gasteiger charge is 2.37. The van der Waals surface area contributed by atoms with E-state index < -0.39 is 17.8 Å². The molecule has 154 valence electrons. The van der Waals surface area contributed by atoms with E-state index in [1.54, 1.807) is 0 Å². The highest BCUT2D eigenvalue weighted by molar-refractivity contribution is 6.34. The number of benzene rings is 3. The van der Waals surface area contributed by atoms with Crippen molar-refractivity contribution in [2.24, 2.45) is 0 Å². The van der Waals surface area contributed by atoms with Crippen LogP contribution in [0.5, 0.6) is 0 Å². The minimum Gasteiger partial charge on any atom is -0.478 e. The number of carboxylic acid groups (broad SMARTS) is 1. The van der Waals surface area contributed by atoms with E-state index in [1.807, 2.05) is 31.2 Å². The molecule has 7 heteroatoms. The zero-order valence-corrected chi connectivity index (χ0v) is 16.6. The first kappa shape index (κ1) is 20.0. The maximum atomic E-state index is 12.7. The Morgan fingerprint density at radius 2 is 1.52 bits per heavy atom. The molecule has 31 heavy (non-hydrogen) atoms. The van der Waals surface area contributed by atoms with Crippen LogP contribution in [0.4, 0.5) is 11.4 Å². The summed E-state index contributed by atoms with van der Waals surface area (Å²) in [4.78, 5) is 50.2. The minimum absolute atomic E-state index is 0.0443. The van der Waals surface area contributed by atoms with Crippen LogP contribution in [0.3, 0.4) is 0 Å². The van der Waals surface area contributed by atoms with E-state index in [0.717, 1.165) is 22.6 Å². The lowest BCUT2D eigenvalue weighted by Gasteiger charge is -2.14. The molecule has 0 aliphatic carbocycles. The van der Waals surface area contributed by atoms with E-state index in [-0.39, 0.29) is 22.6 Å². The van der Waals surface area contributed by atoms with Crippen molar-refractivity contribution < 1.29 is 24.3 Å². The Labute approximate surface area is 177 Å². The normalized spacial score (nSPS) is 12.6. The first-order valence-electron chi connectivity index (χ1n) is 9.66. The molecule has 1 aliphatic rings. The lowest BCUT2D eigenvalue weighted by atomic mass is 10.1. The second-order valence-corrected chi connectivity index (χ2v) is 7.02. The number of rotatable bonds is 5. The molecular weight excluding hydrogens is 396 g/mol. The van der Waals surface area contributed by atoms with Crippen LogP contribution in [0.2, 0.25) is 0 Å². The van der Waals surface area contributed by atoms with Crippen LogP contribution in [0.15, 0.2) is 66.7 Å². The molecule has 0 aromatic heterocycles. The number of hydrogen-bond donors (Lipinski definition) is 2. The number of para-hydroxylation sites is 1. The Bertz CT molecular complexity index is 1230. The Kier molecular flexibility index (Phi) is 5.09.